The fourth-order valence-corrected chi connectivity index (χ4v) is 2.50. The average Bonchev–Trinajstić information content (AvgIpc) is 2.59. The molecule has 3 rings (SSSR count). The molecule has 24 heavy (non-hydrogen) atoms. The highest BCUT2D eigenvalue weighted by Gasteiger charge is 2.29. The molecule has 3 aromatic rings. The molecule has 0 saturated carbocycles. The molecular formula is C19H14F3NO. The van der Waals surface area contributed by atoms with E-state index < -0.39 is 11.7 Å². The second-order valence-electron chi connectivity index (χ2n) is 5.33. The van der Waals surface area contributed by atoms with Gasteiger partial charge in [0, 0.05) is 17.2 Å². The van der Waals surface area contributed by atoms with Gasteiger partial charge in [0.05, 0.1) is 5.56 Å². The zero-order valence-corrected chi connectivity index (χ0v) is 12.6. The van der Waals surface area contributed by atoms with Crippen molar-refractivity contribution >= 4 is 17.0 Å². The van der Waals surface area contributed by atoms with Gasteiger partial charge in [0.1, 0.15) is 12.4 Å². The van der Waals surface area contributed by atoms with Gasteiger partial charge in [-0.25, -0.2) is 0 Å². The van der Waals surface area contributed by atoms with E-state index in [-0.39, 0.29) is 6.61 Å². The van der Waals surface area contributed by atoms with Crippen LogP contribution in [0.25, 0.3) is 10.8 Å². The third-order valence-corrected chi connectivity index (χ3v) is 3.75. The van der Waals surface area contributed by atoms with Crippen molar-refractivity contribution in [3.05, 3.63) is 77.4 Å². The Kier molecular flexibility index (Phi) is 4.25. The summed E-state index contributed by atoms with van der Waals surface area (Å²) in [6.07, 6.45) is -3.06. The number of halogens is 3. The van der Waals surface area contributed by atoms with E-state index in [2.05, 4.69) is 0 Å². The summed E-state index contributed by atoms with van der Waals surface area (Å²) in [6.45, 7) is 0.173. The molecule has 0 amide bonds. The lowest BCUT2D eigenvalue weighted by molar-refractivity contribution is -0.137. The van der Waals surface area contributed by atoms with Gasteiger partial charge >= 0.3 is 6.18 Å². The summed E-state index contributed by atoms with van der Waals surface area (Å²) in [6, 6.07) is 16.0. The molecule has 0 radical (unpaired) electrons. The van der Waals surface area contributed by atoms with Crippen molar-refractivity contribution in [2.45, 2.75) is 12.8 Å². The number of ether oxygens (including phenoxy) is 1. The Morgan fingerprint density at radius 2 is 1.54 bits per heavy atom. The van der Waals surface area contributed by atoms with Crippen molar-refractivity contribution in [3.63, 3.8) is 0 Å². The lowest BCUT2D eigenvalue weighted by Gasteiger charge is -2.12. The van der Waals surface area contributed by atoms with E-state index in [4.69, 9.17) is 10.1 Å². The first-order valence-corrected chi connectivity index (χ1v) is 7.30. The minimum atomic E-state index is -4.34. The Hall–Kier alpha value is -2.82. The van der Waals surface area contributed by atoms with E-state index in [1.54, 1.807) is 12.1 Å². The molecule has 0 bridgehead atoms. The molecule has 1 N–H and O–H groups in total. The quantitative estimate of drug-likeness (QED) is 0.636. The highest BCUT2D eigenvalue weighted by molar-refractivity contribution is 6.01. The molecule has 0 aromatic heterocycles. The second-order valence-corrected chi connectivity index (χ2v) is 5.33. The highest BCUT2D eigenvalue weighted by atomic mass is 19.4. The molecule has 2 nitrogen and oxygen atoms in total. The van der Waals surface area contributed by atoms with E-state index in [9.17, 15) is 13.2 Å². The summed E-state index contributed by atoms with van der Waals surface area (Å²) in [5, 5.41) is 9.21. The zero-order valence-electron chi connectivity index (χ0n) is 12.6. The number of rotatable bonds is 4. The summed E-state index contributed by atoms with van der Waals surface area (Å²) in [4.78, 5) is 0. The molecule has 0 aliphatic carbocycles. The normalized spacial score (nSPS) is 11.5. The highest BCUT2D eigenvalue weighted by Crippen LogP contribution is 2.30. The number of nitrogens with one attached hydrogen (secondary N) is 1. The first-order valence-electron chi connectivity index (χ1n) is 7.30. The van der Waals surface area contributed by atoms with Crippen LogP contribution in [0.15, 0.2) is 60.7 Å². The van der Waals surface area contributed by atoms with Crippen molar-refractivity contribution in [1.29, 1.82) is 5.41 Å². The minimum absolute atomic E-state index is 0.173. The fraction of sp³-hybridized carbons (Fsp3) is 0.105. The molecule has 0 saturated heterocycles. The molecule has 0 atom stereocenters. The maximum Gasteiger partial charge on any atom is 0.416 e. The molecule has 0 fully saturated rings. The predicted molar refractivity (Wildman–Crippen MR) is 87.6 cm³/mol. The van der Waals surface area contributed by atoms with Crippen LogP contribution in [0.2, 0.25) is 0 Å². The van der Waals surface area contributed by atoms with Gasteiger partial charge in [-0.3, -0.25) is 0 Å². The van der Waals surface area contributed by atoms with Crippen molar-refractivity contribution in [3.8, 4) is 5.75 Å². The van der Waals surface area contributed by atoms with Crippen molar-refractivity contribution in [2.24, 2.45) is 0 Å². The Morgan fingerprint density at radius 1 is 0.875 bits per heavy atom. The van der Waals surface area contributed by atoms with Crippen LogP contribution in [0, 0.1) is 5.41 Å². The third-order valence-electron chi connectivity index (χ3n) is 3.75. The van der Waals surface area contributed by atoms with E-state index >= 15 is 0 Å². The second kappa shape index (κ2) is 6.35. The molecule has 0 unspecified atom stereocenters. The van der Waals surface area contributed by atoms with Gasteiger partial charge in [-0.1, -0.05) is 36.4 Å². The summed E-state index contributed by atoms with van der Waals surface area (Å²) in [5.41, 5.74) is 0.766. The maximum absolute atomic E-state index is 12.6. The van der Waals surface area contributed by atoms with E-state index in [0.717, 1.165) is 28.5 Å². The first kappa shape index (κ1) is 16.1. The fourth-order valence-electron chi connectivity index (χ4n) is 2.50. The van der Waals surface area contributed by atoms with Crippen LogP contribution in [0.4, 0.5) is 13.2 Å². The van der Waals surface area contributed by atoms with Crippen LogP contribution in [0.1, 0.15) is 16.7 Å². The maximum atomic E-state index is 12.6. The van der Waals surface area contributed by atoms with E-state index in [1.807, 2.05) is 24.3 Å². The zero-order chi connectivity index (χ0) is 17.2. The van der Waals surface area contributed by atoms with Gasteiger partial charge in [0.2, 0.25) is 0 Å². The Balaban J connectivity index is 1.82. The van der Waals surface area contributed by atoms with Gasteiger partial charge in [0.15, 0.2) is 0 Å². The van der Waals surface area contributed by atoms with Crippen molar-refractivity contribution in [1.82, 2.24) is 0 Å². The molecule has 0 aliphatic rings. The predicted octanol–water partition coefficient (Wildman–Crippen LogP) is 5.44. The minimum Gasteiger partial charge on any atom is -0.488 e. The van der Waals surface area contributed by atoms with Crippen LogP contribution in [0.5, 0.6) is 5.75 Å². The summed E-state index contributed by atoms with van der Waals surface area (Å²) >= 11 is 0. The number of hydrogen-bond donors (Lipinski definition) is 1. The molecule has 0 heterocycles. The summed E-state index contributed by atoms with van der Waals surface area (Å²) < 4.78 is 43.5. The van der Waals surface area contributed by atoms with Gasteiger partial charge in [-0.2, -0.15) is 13.2 Å². The number of hydrogen-bond acceptors (Lipinski definition) is 2. The SMILES string of the molecule is N=Cc1ccc(OCc2ccc(C(F)(F)F)cc2)c2ccccc12. The van der Waals surface area contributed by atoms with Gasteiger partial charge < -0.3 is 10.1 Å². The molecule has 0 aliphatic heterocycles. The average molecular weight is 329 g/mol. The number of alkyl halides is 3. The van der Waals surface area contributed by atoms with E-state index in [1.165, 1.54) is 18.3 Å². The van der Waals surface area contributed by atoms with Gasteiger partial charge in [-0.05, 0) is 35.2 Å². The molecule has 122 valence electrons. The van der Waals surface area contributed by atoms with Crippen LogP contribution in [-0.2, 0) is 12.8 Å². The van der Waals surface area contributed by atoms with Crippen molar-refractivity contribution in [2.75, 3.05) is 0 Å². The molecule has 0 spiro atoms. The molecular weight excluding hydrogens is 315 g/mol. The summed E-state index contributed by atoms with van der Waals surface area (Å²) in [7, 11) is 0. The van der Waals surface area contributed by atoms with Crippen LogP contribution >= 0.6 is 0 Å². The Morgan fingerprint density at radius 3 is 2.17 bits per heavy atom. The standard InChI is InChI=1S/C19H14F3NO/c20-19(21,22)15-8-5-13(6-9-15)12-24-18-10-7-14(11-23)16-3-1-2-4-17(16)18/h1-11,23H,12H2. The number of benzene rings is 3. The topological polar surface area (TPSA) is 33.1 Å². The molecule has 3 aromatic carbocycles. The molecule has 5 heteroatoms. The van der Waals surface area contributed by atoms with Gasteiger partial charge in [-0.15, -0.1) is 0 Å². The largest absolute Gasteiger partial charge is 0.488 e. The van der Waals surface area contributed by atoms with Crippen LogP contribution in [-0.4, -0.2) is 6.21 Å². The smallest absolute Gasteiger partial charge is 0.416 e. The first-order chi connectivity index (χ1) is 11.5. The lowest BCUT2D eigenvalue weighted by atomic mass is 10.0. The lowest BCUT2D eigenvalue weighted by Crippen LogP contribution is -2.05. The van der Waals surface area contributed by atoms with Crippen LogP contribution in [0.3, 0.4) is 0 Å². The Bertz CT molecular complexity index is 870. The van der Waals surface area contributed by atoms with E-state index in [0.29, 0.717) is 11.3 Å². The summed E-state index contributed by atoms with van der Waals surface area (Å²) in [5.74, 6) is 0.635. The van der Waals surface area contributed by atoms with Gasteiger partial charge in [0.25, 0.3) is 0 Å². The van der Waals surface area contributed by atoms with Crippen LogP contribution < -0.4 is 4.74 Å². The third kappa shape index (κ3) is 3.25. The van der Waals surface area contributed by atoms with Crippen molar-refractivity contribution < 1.29 is 17.9 Å². The Labute approximate surface area is 137 Å². The monoisotopic (exact) mass is 329 g/mol. The number of fused-ring (bicyclic) bond motifs is 1.